The lowest BCUT2D eigenvalue weighted by Crippen LogP contribution is -2.21. The van der Waals surface area contributed by atoms with Crippen molar-refractivity contribution < 1.29 is 19.7 Å². The summed E-state index contributed by atoms with van der Waals surface area (Å²) in [6.45, 7) is 0. The van der Waals surface area contributed by atoms with Crippen molar-refractivity contribution in [2.75, 3.05) is 7.11 Å². The number of carboxylic acids is 1. The van der Waals surface area contributed by atoms with Crippen LogP contribution in [0.3, 0.4) is 0 Å². The minimum absolute atomic E-state index is 0.0306. The summed E-state index contributed by atoms with van der Waals surface area (Å²) in [6, 6.07) is 4.86. The van der Waals surface area contributed by atoms with Gasteiger partial charge in [0.25, 0.3) is 0 Å². The Labute approximate surface area is 92.1 Å². The summed E-state index contributed by atoms with van der Waals surface area (Å²) in [5, 5.41) is 18.1. The van der Waals surface area contributed by atoms with Gasteiger partial charge in [-0.1, -0.05) is 17.7 Å². The van der Waals surface area contributed by atoms with Crippen LogP contribution in [-0.2, 0) is 11.2 Å². The summed E-state index contributed by atoms with van der Waals surface area (Å²) in [7, 11) is 1.47. The topological polar surface area (TPSA) is 66.8 Å². The van der Waals surface area contributed by atoms with Gasteiger partial charge < -0.3 is 14.9 Å². The Morgan fingerprint density at radius 1 is 1.60 bits per heavy atom. The van der Waals surface area contributed by atoms with Crippen molar-refractivity contribution in [1.29, 1.82) is 0 Å². The largest absolute Gasteiger partial charge is 0.495 e. The second-order valence-corrected chi connectivity index (χ2v) is 3.43. The zero-order valence-corrected chi connectivity index (χ0v) is 8.86. The Balaban J connectivity index is 2.83. The van der Waals surface area contributed by atoms with Crippen LogP contribution in [0.2, 0.25) is 5.02 Å². The van der Waals surface area contributed by atoms with E-state index in [1.807, 2.05) is 0 Å². The van der Waals surface area contributed by atoms with Crippen molar-refractivity contribution in [1.82, 2.24) is 0 Å². The fraction of sp³-hybridized carbons (Fsp3) is 0.300. The van der Waals surface area contributed by atoms with Crippen molar-refractivity contribution in [3.63, 3.8) is 0 Å². The molecule has 1 rings (SSSR count). The molecule has 4 nitrogen and oxygen atoms in total. The highest BCUT2D eigenvalue weighted by molar-refractivity contribution is 6.32. The van der Waals surface area contributed by atoms with Gasteiger partial charge in [0, 0.05) is 6.42 Å². The Hall–Kier alpha value is -1.26. The van der Waals surface area contributed by atoms with Gasteiger partial charge >= 0.3 is 5.97 Å². The van der Waals surface area contributed by atoms with Crippen LogP contribution >= 0.6 is 11.6 Å². The van der Waals surface area contributed by atoms with Crippen LogP contribution in [0.5, 0.6) is 5.75 Å². The average molecular weight is 231 g/mol. The van der Waals surface area contributed by atoms with Gasteiger partial charge in [-0.05, 0) is 17.7 Å². The van der Waals surface area contributed by atoms with Gasteiger partial charge in [0.2, 0.25) is 0 Å². The molecule has 0 fully saturated rings. The molecule has 0 aliphatic carbocycles. The van der Waals surface area contributed by atoms with E-state index in [-0.39, 0.29) is 6.42 Å². The van der Waals surface area contributed by atoms with Crippen LogP contribution in [-0.4, -0.2) is 29.4 Å². The molecule has 0 bridgehead atoms. The van der Waals surface area contributed by atoms with Gasteiger partial charge in [-0.25, -0.2) is 4.79 Å². The number of methoxy groups -OCH3 is 1. The zero-order valence-electron chi connectivity index (χ0n) is 8.11. The number of aliphatic hydroxyl groups is 1. The van der Waals surface area contributed by atoms with E-state index >= 15 is 0 Å². The van der Waals surface area contributed by atoms with Crippen molar-refractivity contribution in [3.8, 4) is 5.75 Å². The third-order valence-corrected chi connectivity index (χ3v) is 2.24. The summed E-state index contributed by atoms with van der Waals surface area (Å²) >= 11 is 5.79. The first-order valence-corrected chi connectivity index (χ1v) is 4.65. The lowest BCUT2D eigenvalue weighted by molar-refractivity contribution is -0.146. The molecule has 0 radical (unpaired) electrons. The fourth-order valence-corrected chi connectivity index (χ4v) is 1.34. The first kappa shape index (κ1) is 11.8. The minimum atomic E-state index is -1.41. The van der Waals surface area contributed by atoms with Crippen molar-refractivity contribution in [2.45, 2.75) is 12.5 Å². The quantitative estimate of drug-likeness (QED) is 0.819. The lowest BCUT2D eigenvalue weighted by atomic mass is 10.1. The Bertz CT molecular complexity index is 364. The predicted octanol–water partition coefficient (Wildman–Crippen LogP) is 1.34. The van der Waals surface area contributed by atoms with Gasteiger partial charge in [0.15, 0.2) is 6.10 Å². The van der Waals surface area contributed by atoms with Crippen molar-refractivity contribution in [2.24, 2.45) is 0 Å². The highest BCUT2D eigenvalue weighted by atomic mass is 35.5. The maximum Gasteiger partial charge on any atom is 0.332 e. The number of hydrogen-bond acceptors (Lipinski definition) is 3. The normalized spacial score (nSPS) is 12.2. The number of aliphatic carboxylic acids is 1. The first-order chi connectivity index (χ1) is 7.04. The van der Waals surface area contributed by atoms with E-state index in [2.05, 4.69) is 0 Å². The van der Waals surface area contributed by atoms with E-state index in [9.17, 15) is 4.79 Å². The van der Waals surface area contributed by atoms with Gasteiger partial charge in [-0.2, -0.15) is 0 Å². The third kappa shape index (κ3) is 3.11. The second kappa shape index (κ2) is 5.00. The van der Waals surface area contributed by atoms with Crippen LogP contribution in [0, 0.1) is 0 Å². The molecular formula is C10H11ClO4. The Morgan fingerprint density at radius 3 is 2.80 bits per heavy atom. The fourth-order valence-electron chi connectivity index (χ4n) is 1.14. The third-order valence-electron chi connectivity index (χ3n) is 1.93. The van der Waals surface area contributed by atoms with Gasteiger partial charge in [0.05, 0.1) is 12.1 Å². The summed E-state index contributed by atoms with van der Waals surface area (Å²) in [4.78, 5) is 10.4. The number of benzene rings is 1. The molecule has 0 heterocycles. The molecule has 15 heavy (non-hydrogen) atoms. The lowest BCUT2D eigenvalue weighted by Gasteiger charge is -2.08. The molecule has 0 spiro atoms. The minimum Gasteiger partial charge on any atom is -0.495 e. The standard InChI is InChI=1S/C10H11ClO4/c1-15-9-5-6(2-3-7(9)11)4-8(12)10(13)14/h2-3,5,8,12H,4H2,1H3,(H,13,14). The molecule has 1 atom stereocenters. The molecule has 1 aromatic carbocycles. The number of carboxylic acid groups (broad SMARTS) is 1. The summed E-state index contributed by atoms with van der Waals surface area (Å²) in [5.41, 5.74) is 0.658. The number of halogens is 1. The van der Waals surface area contributed by atoms with Crippen molar-refractivity contribution in [3.05, 3.63) is 28.8 Å². The highest BCUT2D eigenvalue weighted by Crippen LogP contribution is 2.25. The maximum absolute atomic E-state index is 10.4. The molecule has 0 amide bonds. The maximum atomic E-state index is 10.4. The Morgan fingerprint density at radius 2 is 2.27 bits per heavy atom. The molecule has 1 unspecified atom stereocenters. The molecule has 0 aliphatic rings. The summed E-state index contributed by atoms with van der Waals surface area (Å²) < 4.78 is 4.97. The van der Waals surface area contributed by atoms with E-state index in [4.69, 9.17) is 26.6 Å². The molecule has 5 heteroatoms. The monoisotopic (exact) mass is 230 g/mol. The molecule has 1 aromatic rings. The zero-order chi connectivity index (χ0) is 11.4. The number of aliphatic hydroxyl groups excluding tert-OH is 1. The van der Waals surface area contributed by atoms with Crippen LogP contribution in [0.25, 0.3) is 0 Å². The summed E-state index contributed by atoms with van der Waals surface area (Å²) in [6.07, 6.45) is -1.38. The predicted molar refractivity (Wildman–Crippen MR) is 55.4 cm³/mol. The van der Waals surface area contributed by atoms with E-state index in [1.165, 1.54) is 7.11 Å². The summed E-state index contributed by atoms with van der Waals surface area (Å²) in [5.74, 6) is -0.782. The molecular weight excluding hydrogens is 220 g/mol. The van der Waals surface area contributed by atoms with Crippen molar-refractivity contribution >= 4 is 17.6 Å². The van der Waals surface area contributed by atoms with E-state index < -0.39 is 12.1 Å². The molecule has 0 saturated carbocycles. The number of carbonyl (C=O) groups is 1. The Kier molecular flexibility index (Phi) is 3.94. The number of hydrogen-bond donors (Lipinski definition) is 2. The van der Waals surface area contributed by atoms with Crippen LogP contribution < -0.4 is 4.74 Å². The van der Waals surface area contributed by atoms with Crippen LogP contribution in [0.1, 0.15) is 5.56 Å². The molecule has 2 N–H and O–H groups in total. The smallest absolute Gasteiger partial charge is 0.332 e. The molecule has 0 aliphatic heterocycles. The molecule has 82 valence electrons. The van der Waals surface area contributed by atoms with Gasteiger partial charge in [0.1, 0.15) is 5.75 Å². The SMILES string of the molecule is COc1cc(CC(O)C(=O)O)ccc1Cl. The second-order valence-electron chi connectivity index (χ2n) is 3.03. The molecule has 0 saturated heterocycles. The number of rotatable bonds is 4. The van der Waals surface area contributed by atoms with Crippen LogP contribution in [0.4, 0.5) is 0 Å². The number of ether oxygens (including phenoxy) is 1. The van der Waals surface area contributed by atoms with E-state index in [0.29, 0.717) is 16.3 Å². The first-order valence-electron chi connectivity index (χ1n) is 4.28. The van der Waals surface area contributed by atoms with Gasteiger partial charge in [-0.3, -0.25) is 0 Å². The van der Waals surface area contributed by atoms with E-state index in [0.717, 1.165) is 0 Å². The molecule has 0 aromatic heterocycles. The highest BCUT2D eigenvalue weighted by Gasteiger charge is 2.14. The van der Waals surface area contributed by atoms with Gasteiger partial charge in [-0.15, -0.1) is 0 Å². The van der Waals surface area contributed by atoms with Crippen LogP contribution in [0.15, 0.2) is 18.2 Å². The average Bonchev–Trinajstić information content (AvgIpc) is 2.20. The van der Waals surface area contributed by atoms with E-state index in [1.54, 1.807) is 18.2 Å².